The summed E-state index contributed by atoms with van der Waals surface area (Å²) in [5.41, 5.74) is 7.48. The second kappa shape index (κ2) is 6.07. The largest absolute Gasteiger partial charge is 0.353 e. The van der Waals surface area contributed by atoms with Crippen molar-refractivity contribution in [2.75, 3.05) is 6.54 Å². The monoisotopic (exact) mass is 366 g/mol. The fraction of sp³-hybridized carbons (Fsp3) is 0.708. The first-order valence-electron chi connectivity index (χ1n) is 11.1. The van der Waals surface area contributed by atoms with Crippen LogP contribution in [0.2, 0.25) is 0 Å². The molecule has 1 aromatic carbocycles. The highest BCUT2D eigenvalue weighted by molar-refractivity contribution is 5.86. The van der Waals surface area contributed by atoms with Crippen molar-refractivity contribution in [3.05, 3.63) is 35.9 Å². The number of carbonyl (C=O) groups excluding carboxylic acids is 1. The second-order valence-corrected chi connectivity index (χ2v) is 10.6. The molecule has 6 rings (SSSR count). The Hall–Kier alpha value is -1.35. The zero-order valence-electron chi connectivity index (χ0n) is 16.7. The molecule has 4 atom stereocenters. The van der Waals surface area contributed by atoms with Gasteiger partial charge in [0.1, 0.15) is 0 Å². The van der Waals surface area contributed by atoms with Gasteiger partial charge in [0.15, 0.2) is 0 Å². The predicted molar refractivity (Wildman–Crippen MR) is 108 cm³/mol. The van der Waals surface area contributed by atoms with E-state index in [9.17, 15) is 4.79 Å². The Morgan fingerprint density at radius 1 is 1.07 bits per heavy atom. The minimum atomic E-state index is -0.184. The van der Waals surface area contributed by atoms with Crippen LogP contribution in [0.15, 0.2) is 30.3 Å². The zero-order chi connectivity index (χ0) is 18.7. The number of amides is 1. The van der Waals surface area contributed by atoms with Crippen LogP contribution in [0.3, 0.4) is 0 Å². The van der Waals surface area contributed by atoms with E-state index in [1.807, 2.05) is 0 Å². The molecule has 146 valence electrons. The lowest BCUT2D eigenvalue weighted by Gasteiger charge is -2.41. The van der Waals surface area contributed by atoms with Gasteiger partial charge in [-0.15, -0.1) is 0 Å². The van der Waals surface area contributed by atoms with Crippen LogP contribution in [0.5, 0.6) is 0 Å². The van der Waals surface area contributed by atoms with Gasteiger partial charge in [-0.25, -0.2) is 0 Å². The Kier molecular flexibility index (Phi) is 3.99. The molecule has 0 saturated heterocycles. The van der Waals surface area contributed by atoms with E-state index < -0.39 is 0 Å². The van der Waals surface area contributed by atoms with Crippen molar-refractivity contribution in [2.45, 2.75) is 76.2 Å². The minimum Gasteiger partial charge on any atom is -0.353 e. The van der Waals surface area contributed by atoms with Gasteiger partial charge >= 0.3 is 0 Å². The molecular formula is C24H34N2O. The van der Waals surface area contributed by atoms with E-state index in [1.54, 1.807) is 0 Å². The van der Waals surface area contributed by atoms with E-state index in [4.69, 9.17) is 5.73 Å². The van der Waals surface area contributed by atoms with E-state index in [0.29, 0.717) is 23.3 Å². The van der Waals surface area contributed by atoms with Crippen molar-refractivity contribution >= 4 is 5.91 Å². The molecule has 0 spiro atoms. The van der Waals surface area contributed by atoms with Gasteiger partial charge in [0, 0.05) is 11.5 Å². The lowest BCUT2D eigenvalue weighted by Crippen LogP contribution is -2.52. The molecule has 0 heterocycles. The molecule has 0 aromatic heterocycles. The van der Waals surface area contributed by atoms with Gasteiger partial charge < -0.3 is 11.1 Å². The first-order chi connectivity index (χ1) is 13.0. The molecular weight excluding hydrogens is 332 g/mol. The molecule has 27 heavy (non-hydrogen) atoms. The SMILES string of the molecule is C[C@@]12CC3CC(C(=O)N[C@H]4CC[C@H](CN)CC4)(C1)[C@](c1ccccc1)(C3)C2. The van der Waals surface area contributed by atoms with E-state index in [1.165, 1.54) is 37.7 Å². The van der Waals surface area contributed by atoms with E-state index in [-0.39, 0.29) is 10.8 Å². The minimum absolute atomic E-state index is 0.0600. The van der Waals surface area contributed by atoms with Crippen LogP contribution in [-0.4, -0.2) is 18.5 Å². The third-order valence-corrected chi connectivity index (χ3v) is 8.71. The maximum atomic E-state index is 13.8. The summed E-state index contributed by atoms with van der Waals surface area (Å²) in [6.07, 6.45) is 10.4. The Balaban J connectivity index is 1.44. The van der Waals surface area contributed by atoms with Crippen LogP contribution in [0.4, 0.5) is 0 Å². The standard InChI is InChI=1S/C24H34N2O/c1-22-11-18-12-23(15-22,19-5-3-2-4-6-19)24(13-18,16-22)21(27)26-20-9-7-17(14-25)8-10-20/h2-6,17-18,20H,7-16,25H2,1H3,(H,26,27)/t17-,18?,20-,22-,23+,24?/m0/s1. The topological polar surface area (TPSA) is 55.1 Å². The number of nitrogens with one attached hydrogen (secondary N) is 1. The number of carbonyl (C=O) groups is 1. The van der Waals surface area contributed by atoms with Crippen molar-refractivity contribution in [1.82, 2.24) is 5.32 Å². The maximum Gasteiger partial charge on any atom is 0.227 e. The van der Waals surface area contributed by atoms with Crippen molar-refractivity contribution in [3.8, 4) is 0 Å². The van der Waals surface area contributed by atoms with Crippen LogP contribution in [-0.2, 0) is 10.2 Å². The fourth-order valence-electron chi connectivity index (χ4n) is 7.95. The Bertz CT molecular complexity index is 725. The molecule has 1 aromatic rings. The first-order valence-corrected chi connectivity index (χ1v) is 11.1. The van der Waals surface area contributed by atoms with E-state index in [0.717, 1.165) is 38.1 Å². The quantitative estimate of drug-likeness (QED) is 0.841. The summed E-state index contributed by atoms with van der Waals surface area (Å²) in [6.45, 7) is 3.24. The predicted octanol–water partition coefficient (Wildman–Crippen LogP) is 4.16. The van der Waals surface area contributed by atoms with Gasteiger partial charge in [0.05, 0.1) is 5.41 Å². The van der Waals surface area contributed by atoms with Crippen LogP contribution in [0.25, 0.3) is 0 Å². The lowest BCUT2D eigenvalue weighted by atomic mass is 9.63. The lowest BCUT2D eigenvalue weighted by molar-refractivity contribution is -0.135. The first kappa shape index (κ1) is 17.7. The molecule has 4 bridgehead atoms. The smallest absolute Gasteiger partial charge is 0.227 e. The second-order valence-electron chi connectivity index (χ2n) is 10.6. The number of rotatable bonds is 4. The Morgan fingerprint density at radius 3 is 2.48 bits per heavy atom. The highest BCUT2D eigenvalue weighted by atomic mass is 16.2. The Labute approximate surface area is 163 Å². The van der Waals surface area contributed by atoms with E-state index in [2.05, 4.69) is 42.6 Å². The Morgan fingerprint density at radius 2 is 1.81 bits per heavy atom. The van der Waals surface area contributed by atoms with Gasteiger partial charge in [0.25, 0.3) is 0 Å². The molecule has 3 N–H and O–H groups in total. The van der Waals surface area contributed by atoms with Crippen LogP contribution in [0, 0.1) is 22.7 Å². The van der Waals surface area contributed by atoms with Gasteiger partial charge in [-0.3, -0.25) is 4.79 Å². The average Bonchev–Trinajstić information content (AvgIpc) is 3.02. The van der Waals surface area contributed by atoms with Gasteiger partial charge in [-0.05, 0) is 87.1 Å². The number of hydrogen-bond acceptors (Lipinski definition) is 2. The number of benzene rings is 1. The number of nitrogens with two attached hydrogens (primary N) is 1. The normalized spacial score (nSPS) is 45.2. The van der Waals surface area contributed by atoms with Crippen LogP contribution in [0.1, 0.15) is 70.3 Å². The highest BCUT2D eigenvalue weighted by Gasteiger charge is 2.73. The van der Waals surface area contributed by atoms with Crippen molar-refractivity contribution in [3.63, 3.8) is 0 Å². The molecule has 2 unspecified atom stereocenters. The summed E-state index contributed by atoms with van der Waals surface area (Å²) < 4.78 is 0. The van der Waals surface area contributed by atoms with Crippen LogP contribution < -0.4 is 11.1 Å². The highest BCUT2D eigenvalue weighted by Crippen LogP contribution is 2.76. The number of hydrogen-bond donors (Lipinski definition) is 2. The fourth-order valence-corrected chi connectivity index (χ4v) is 7.95. The van der Waals surface area contributed by atoms with Gasteiger partial charge in [-0.1, -0.05) is 37.3 Å². The van der Waals surface area contributed by atoms with Gasteiger partial charge in [-0.2, -0.15) is 0 Å². The summed E-state index contributed by atoms with van der Waals surface area (Å²) in [5.74, 6) is 1.74. The van der Waals surface area contributed by atoms with Crippen molar-refractivity contribution in [2.24, 2.45) is 28.4 Å². The van der Waals surface area contributed by atoms with Gasteiger partial charge in [0.2, 0.25) is 5.91 Å². The molecule has 3 nitrogen and oxygen atoms in total. The van der Waals surface area contributed by atoms with Crippen molar-refractivity contribution < 1.29 is 4.79 Å². The summed E-state index contributed by atoms with van der Waals surface area (Å²) >= 11 is 0. The molecule has 5 aliphatic rings. The molecule has 1 amide bonds. The van der Waals surface area contributed by atoms with E-state index >= 15 is 0 Å². The molecule has 0 radical (unpaired) electrons. The summed E-state index contributed by atoms with van der Waals surface area (Å²) in [6, 6.07) is 11.3. The molecule has 0 aliphatic heterocycles. The third kappa shape index (κ3) is 2.53. The third-order valence-electron chi connectivity index (χ3n) is 8.71. The molecule has 5 saturated carbocycles. The molecule has 3 heteroatoms. The summed E-state index contributed by atoms with van der Waals surface area (Å²) in [5, 5.41) is 3.54. The van der Waals surface area contributed by atoms with Crippen molar-refractivity contribution in [1.29, 1.82) is 0 Å². The average molecular weight is 367 g/mol. The van der Waals surface area contributed by atoms with Crippen LogP contribution >= 0.6 is 0 Å². The molecule has 5 fully saturated rings. The zero-order valence-corrected chi connectivity index (χ0v) is 16.7. The summed E-state index contributed by atoms with van der Waals surface area (Å²) in [7, 11) is 0. The molecule has 5 aliphatic carbocycles. The maximum absolute atomic E-state index is 13.8. The summed E-state index contributed by atoms with van der Waals surface area (Å²) in [4.78, 5) is 13.8.